The third-order valence-electron chi connectivity index (χ3n) is 3.91. The van der Waals surface area contributed by atoms with E-state index in [-0.39, 0.29) is 4.90 Å². The molecule has 0 spiro atoms. The number of rotatable bonds is 3. The first-order valence-electron chi connectivity index (χ1n) is 7.36. The summed E-state index contributed by atoms with van der Waals surface area (Å²) in [6.07, 6.45) is 2.80. The van der Waals surface area contributed by atoms with Crippen molar-refractivity contribution in [1.29, 1.82) is 0 Å². The molecule has 0 aliphatic rings. The lowest BCUT2D eigenvalue weighted by atomic mass is 10.1. The summed E-state index contributed by atoms with van der Waals surface area (Å²) >= 11 is 3.44. The van der Waals surface area contributed by atoms with Crippen molar-refractivity contribution in [3.05, 3.63) is 65.1 Å². The van der Waals surface area contributed by atoms with Gasteiger partial charge in [-0.05, 0) is 53.2 Å². The number of aromatic nitrogens is 3. The van der Waals surface area contributed by atoms with E-state index in [0.29, 0.717) is 15.9 Å². The predicted octanol–water partition coefficient (Wildman–Crippen LogP) is 4.00. The Kier molecular flexibility index (Phi) is 3.73. The molecule has 0 N–H and O–H groups in total. The molecule has 0 atom stereocenters. The van der Waals surface area contributed by atoms with Gasteiger partial charge in [-0.1, -0.05) is 17.7 Å². The molecule has 2 aromatic heterocycles. The fourth-order valence-electron chi connectivity index (χ4n) is 2.62. The third-order valence-corrected chi connectivity index (χ3v) is 6.23. The van der Waals surface area contributed by atoms with Crippen molar-refractivity contribution in [2.45, 2.75) is 11.8 Å². The number of hydrogen-bond acceptors (Lipinski definition) is 5. The molecule has 0 aliphatic heterocycles. The zero-order valence-electron chi connectivity index (χ0n) is 13.0. The molecule has 4 rings (SSSR count). The van der Waals surface area contributed by atoms with E-state index in [1.54, 1.807) is 42.6 Å². The minimum absolute atomic E-state index is 0.239. The average molecular weight is 418 g/mol. The Labute approximate surface area is 152 Å². The van der Waals surface area contributed by atoms with Crippen LogP contribution in [0.1, 0.15) is 5.56 Å². The topological polar surface area (TPSA) is 78.0 Å². The van der Waals surface area contributed by atoms with Gasteiger partial charge in [0, 0.05) is 21.6 Å². The van der Waals surface area contributed by atoms with E-state index in [0.717, 1.165) is 16.5 Å². The maximum Gasteiger partial charge on any atom is 0.268 e. The quantitative estimate of drug-likeness (QED) is 0.503. The Morgan fingerprint density at radius 3 is 2.56 bits per heavy atom. The molecule has 2 heterocycles. The summed E-state index contributed by atoms with van der Waals surface area (Å²) in [4.78, 5) is 0.239. The van der Waals surface area contributed by atoms with Crippen LogP contribution < -0.4 is 0 Å². The molecule has 25 heavy (non-hydrogen) atoms. The van der Waals surface area contributed by atoms with Gasteiger partial charge in [0.25, 0.3) is 10.0 Å². The molecule has 0 aliphatic carbocycles. The zero-order valence-corrected chi connectivity index (χ0v) is 15.5. The van der Waals surface area contributed by atoms with Gasteiger partial charge in [0.15, 0.2) is 0 Å². The van der Waals surface area contributed by atoms with Gasteiger partial charge < -0.3 is 4.42 Å². The van der Waals surface area contributed by atoms with E-state index < -0.39 is 10.0 Å². The maximum atomic E-state index is 13.0. The van der Waals surface area contributed by atoms with Crippen LogP contribution >= 0.6 is 15.9 Å². The first-order valence-corrected chi connectivity index (χ1v) is 9.59. The Balaban J connectivity index is 1.90. The van der Waals surface area contributed by atoms with E-state index in [1.807, 2.05) is 13.0 Å². The first kappa shape index (κ1) is 16.0. The summed E-state index contributed by atoms with van der Waals surface area (Å²) in [6, 6.07) is 12.1. The van der Waals surface area contributed by atoms with E-state index in [4.69, 9.17) is 4.42 Å². The van der Waals surface area contributed by atoms with Crippen LogP contribution in [0.15, 0.2) is 68.8 Å². The van der Waals surface area contributed by atoms with Gasteiger partial charge in [0.1, 0.15) is 0 Å². The minimum atomic E-state index is -3.69. The van der Waals surface area contributed by atoms with Crippen LogP contribution in [-0.4, -0.2) is 22.6 Å². The lowest BCUT2D eigenvalue weighted by molar-refractivity contribution is 0.569. The predicted molar refractivity (Wildman–Crippen MR) is 96.7 cm³/mol. The van der Waals surface area contributed by atoms with E-state index >= 15 is 0 Å². The molecule has 0 amide bonds. The summed E-state index contributed by atoms with van der Waals surface area (Å²) in [7, 11) is -3.69. The summed E-state index contributed by atoms with van der Waals surface area (Å²) in [6.45, 7) is 1.91. The second kappa shape index (κ2) is 5.82. The smallest absolute Gasteiger partial charge is 0.268 e. The lowest BCUT2D eigenvalue weighted by Crippen LogP contribution is -2.11. The van der Waals surface area contributed by atoms with Gasteiger partial charge in [-0.25, -0.2) is 12.4 Å². The second-order valence-electron chi connectivity index (χ2n) is 5.57. The lowest BCUT2D eigenvalue weighted by Gasteiger charge is -2.08. The number of hydrogen-bond donors (Lipinski definition) is 0. The van der Waals surface area contributed by atoms with Gasteiger partial charge in [-0.3, -0.25) is 0 Å². The Bertz CT molecular complexity index is 1160. The van der Waals surface area contributed by atoms with E-state index in [2.05, 4.69) is 26.1 Å². The molecule has 0 radical (unpaired) electrons. The normalized spacial score (nSPS) is 11.9. The fourth-order valence-corrected chi connectivity index (χ4v) is 4.64. The van der Waals surface area contributed by atoms with Crippen molar-refractivity contribution >= 4 is 36.9 Å². The first-order chi connectivity index (χ1) is 12.0. The molecule has 6 nitrogen and oxygen atoms in total. The summed E-state index contributed by atoms with van der Waals surface area (Å²) in [5.74, 6) is 0.378. The number of fused-ring (bicyclic) bond motifs is 1. The monoisotopic (exact) mass is 417 g/mol. The highest BCUT2D eigenvalue weighted by molar-refractivity contribution is 9.10. The Morgan fingerprint density at radius 1 is 1.12 bits per heavy atom. The van der Waals surface area contributed by atoms with Crippen LogP contribution in [0, 0.1) is 6.92 Å². The van der Waals surface area contributed by atoms with Crippen molar-refractivity contribution in [3.63, 3.8) is 0 Å². The van der Waals surface area contributed by atoms with Crippen LogP contribution in [0.3, 0.4) is 0 Å². The molecule has 0 saturated carbocycles. The van der Waals surface area contributed by atoms with Gasteiger partial charge in [-0.2, -0.15) is 0 Å². The zero-order chi connectivity index (χ0) is 17.6. The summed E-state index contributed by atoms with van der Waals surface area (Å²) in [5.41, 5.74) is 2.29. The molecule has 2 aromatic carbocycles. The molecular formula is C17H12BrN3O3S. The molecule has 0 fully saturated rings. The molecule has 0 unspecified atom stereocenters. The van der Waals surface area contributed by atoms with Gasteiger partial charge in [0.2, 0.25) is 12.3 Å². The third kappa shape index (κ3) is 2.67. The highest BCUT2D eigenvalue weighted by Crippen LogP contribution is 2.32. The highest BCUT2D eigenvalue weighted by atomic mass is 79.9. The molecule has 0 saturated heterocycles. The number of benzene rings is 2. The highest BCUT2D eigenvalue weighted by Gasteiger charge is 2.21. The second-order valence-corrected chi connectivity index (χ2v) is 8.24. The largest absolute Gasteiger partial charge is 0.423 e. The van der Waals surface area contributed by atoms with Crippen molar-refractivity contribution in [1.82, 2.24) is 14.2 Å². The summed E-state index contributed by atoms with van der Waals surface area (Å²) in [5, 5.41) is 8.28. The van der Waals surface area contributed by atoms with Gasteiger partial charge >= 0.3 is 0 Å². The van der Waals surface area contributed by atoms with Crippen LogP contribution in [0.25, 0.3) is 22.4 Å². The van der Waals surface area contributed by atoms with Crippen molar-refractivity contribution in [2.24, 2.45) is 0 Å². The van der Waals surface area contributed by atoms with Crippen molar-refractivity contribution in [2.75, 3.05) is 0 Å². The summed E-state index contributed by atoms with van der Waals surface area (Å²) < 4.78 is 33.1. The molecular weight excluding hydrogens is 406 g/mol. The standard InChI is InChI=1S/C17H12BrN3O3S/c1-11-2-5-13(6-3-11)25(22,23)21-9-15(18)14-8-12(4-7-16(14)21)17-20-19-10-24-17/h2-10H,1H3. The van der Waals surface area contributed by atoms with Crippen LogP contribution in [-0.2, 0) is 10.0 Å². The van der Waals surface area contributed by atoms with Crippen molar-refractivity contribution in [3.8, 4) is 11.5 Å². The van der Waals surface area contributed by atoms with Crippen LogP contribution in [0.4, 0.5) is 0 Å². The van der Waals surface area contributed by atoms with Crippen LogP contribution in [0.5, 0.6) is 0 Å². The van der Waals surface area contributed by atoms with Crippen LogP contribution in [0.2, 0.25) is 0 Å². The van der Waals surface area contributed by atoms with E-state index in [9.17, 15) is 8.42 Å². The molecule has 0 bridgehead atoms. The SMILES string of the molecule is Cc1ccc(S(=O)(=O)n2cc(Br)c3cc(-c4nnco4)ccc32)cc1. The number of halogens is 1. The Hall–Kier alpha value is -2.45. The minimum Gasteiger partial charge on any atom is -0.423 e. The number of aryl methyl sites for hydroxylation is 1. The molecule has 126 valence electrons. The van der Waals surface area contributed by atoms with E-state index in [1.165, 1.54) is 10.4 Å². The fraction of sp³-hybridized carbons (Fsp3) is 0.0588. The van der Waals surface area contributed by atoms with Crippen molar-refractivity contribution < 1.29 is 12.8 Å². The van der Waals surface area contributed by atoms with Gasteiger partial charge in [0.05, 0.1) is 10.4 Å². The number of nitrogens with zero attached hydrogens (tertiary/aromatic N) is 3. The Morgan fingerprint density at radius 2 is 1.88 bits per heavy atom. The molecule has 8 heteroatoms. The average Bonchev–Trinajstić information content (AvgIpc) is 3.24. The molecule has 4 aromatic rings. The maximum absolute atomic E-state index is 13.0. The van der Waals surface area contributed by atoms with Gasteiger partial charge in [-0.15, -0.1) is 10.2 Å².